The normalized spacial score (nSPS) is 10.0. The molecule has 1 aromatic heterocycles. The maximum absolute atomic E-state index is 10.3. The summed E-state index contributed by atoms with van der Waals surface area (Å²) < 4.78 is 4.57. The van der Waals surface area contributed by atoms with Crippen LogP contribution in [-0.2, 0) is 11.2 Å². The molecule has 0 atom stereocenters. The van der Waals surface area contributed by atoms with Crippen molar-refractivity contribution in [3.63, 3.8) is 0 Å². The summed E-state index contributed by atoms with van der Waals surface area (Å²) in [5, 5.41) is 3.36. The Labute approximate surface area is 105 Å². The lowest BCUT2D eigenvalue weighted by molar-refractivity contribution is 0.161. The number of rotatable bonds is 6. The van der Waals surface area contributed by atoms with Gasteiger partial charge in [-0.25, -0.2) is 14.8 Å². The molecule has 1 heterocycles. The lowest BCUT2D eigenvalue weighted by Crippen LogP contribution is -2.18. The quantitative estimate of drug-likeness (QED) is 0.597. The number of hydrogen-bond acceptors (Lipinski definition) is 5. The monoisotopic (exact) mass is 258 g/mol. The van der Waals surface area contributed by atoms with Gasteiger partial charge in [-0.15, -0.1) is 0 Å². The van der Waals surface area contributed by atoms with Crippen molar-refractivity contribution in [3.8, 4) is 0 Å². The van der Waals surface area contributed by atoms with Crippen molar-refractivity contribution in [2.75, 3.05) is 18.5 Å². The predicted octanol–water partition coefficient (Wildman–Crippen LogP) is 1.59. The van der Waals surface area contributed by atoms with E-state index < -0.39 is 6.09 Å². The minimum atomic E-state index is -0.792. The van der Waals surface area contributed by atoms with Gasteiger partial charge in [0.1, 0.15) is 23.4 Å². The van der Waals surface area contributed by atoms with E-state index in [0.717, 1.165) is 12.8 Å². The molecule has 94 valence electrons. The number of carbonyl (C=O) groups excluding carboxylic acids is 1. The van der Waals surface area contributed by atoms with E-state index in [1.165, 1.54) is 0 Å². The highest BCUT2D eigenvalue weighted by Gasteiger charge is 2.02. The second-order valence-electron chi connectivity index (χ2n) is 3.34. The van der Waals surface area contributed by atoms with Crippen LogP contribution >= 0.6 is 11.6 Å². The number of anilines is 1. The van der Waals surface area contributed by atoms with Gasteiger partial charge in [0.25, 0.3) is 0 Å². The van der Waals surface area contributed by atoms with Crippen molar-refractivity contribution < 1.29 is 9.53 Å². The molecule has 1 aromatic rings. The Morgan fingerprint density at radius 1 is 1.59 bits per heavy atom. The first-order valence-electron chi connectivity index (χ1n) is 5.31. The molecule has 0 saturated carbocycles. The van der Waals surface area contributed by atoms with Crippen molar-refractivity contribution in [2.24, 2.45) is 5.73 Å². The lowest BCUT2D eigenvalue weighted by Gasteiger charge is -2.07. The van der Waals surface area contributed by atoms with Crippen LogP contribution in [0, 0.1) is 0 Å². The zero-order valence-electron chi connectivity index (χ0n) is 9.57. The molecule has 0 unspecified atom stereocenters. The molecule has 0 fully saturated rings. The Morgan fingerprint density at radius 2 is 2.35 bits per heavy atom. The highest BCUT2D eigenvalue weighted by atomic mass is 35.5. The molecular weight excluding hydrogens is 244 g/mol. The van der Waals surface area contributed by atoms with Crippen LogP contribution in [0.5, 0.6) is 0 Å². The zero-order chi connectivity index (χ0) is 12.7. The Bertz CT molecular complexity index is 387. The third-order valence-corrected chi connectivity index (χ3v) is 2.06. The first-order valence-corrected chi connectivity index (χ1v) is 5.69. The van der Waals surface area contributed by atoms with Gasteiger partial charge in [-0.1, -0.05) is 18.5 Å². The number of aryl methyl sites for hydroxylation is 1. The predicted molar refractivity (Wildman–Crippen MR) is 65.1 cm³/mol. The SMILES string of the molecule is CCCc1nc(Cl)cc(NCCOC(N)=O)n1. The topological polar surface area (TPSA) is 90.1 Å². The number of carbonyl (C=O) groups is 1. The van der Waals surface area contributed by atoms with Gasteiger partial charge in [0.2, 0.25) is 0 Å². The van der Waals surface area contributed by atoms with Crippen LogP contribution in [-0.4, -0.2) is 29.2 Å². The fourth-order valence-electron chi connectivity index (χ4n) is 1.22. The molecule has 0 aliphatic heterocycles. The van der Waals surface area contributed by atoms with Crippen LogP contribution < -0.4 is 11.1 Å². The highest BCUT2D eigenvalue weighted by Crippen LogP contribution is 2.12. The van der Waals surface area contributed by atoms with Crippen LogP contribution in [0.4, 0.5) is 10.6 Å². The number of amides is 1. The number of hydrogen-bond donors (Lipinski definition) is 2. The highest BCUT2D eigenvalue weighted by molar-refractivity contribution is 6.29. The summed E-state index contributed by atoms with van der Waals surface area (Å²) in [7, 11) is 0. The number of nitrogens with one attached hydrogen (secondary N) is 1. The van der Waals surface area contributed by atoms with E-state index in [-0.39, 0.29) is 6.61 Å². The summed E-state index contributed by atoms with van der Waals surface area (Å²) >= 11 is 5.85. The second kappa shape index (κ2) is 6.90. The third-order valence-electron chi connectivity index (χ3n) is 1.87. The van der Waals surface area contributed by atoms with Gasteiger partial charge >= 0.3 is 6.09 Å². The molecule has 0 spiro atoms. The van der Waals surface area contributed by atoms with Crippen molar-refractivity contribution in [2.45, 2.75) is 19.8 Å². The maximum atomic E-state index is 10.3. The number of ether oxygens (including phenoxy) is 1. The van der Waals surface area contributed by atoms with Gasteiger partial charge in [0.05, 0.1) is 6.54 Å². The van der Waals surface area contributed by atoms with E-state index in [0.29, 0.717) is 23.3 Å². The summed E-state index contributed by atoms with van der Waals surface area (Å²) in [5.74, 6) is 1.31. The molecule has 0 bridgehead atoms. The summed E-state index contributed by atoms with van der Waals surface area (Å²) in [5.41, 5.74) is 4.82. The van der Waals surface area contributed by atoms with E-state index in [9.17, 15) is 4.79 Å². The minimum absolute atomic E-state index is 0.181. The zero-order valence-corrected chi connectivity index (χ0v) is 10.3. The molecule has 0 aromatic carbocycles. The van der Waals surface area contributed by atoms with Crippen molar-refractivity contribution in [3.05, 3.63) is 17.0 Å². The number of nitrogens with two attached hydrogens (primary N) is 1. The number of nitrogens with zero attached hydrogens (tertiary/aromatic N) is 2. The number of primary amides is 1. The average Bonchev–Trinajstić information content (AvgIpc) is 2.24. The van der Waals surface area contributed by atoms with Gasteiger partial charge in [-0.3, -0.25) is 0 Å². The molecule has 0 saturated heterocycles. The molecule has 1 rings (SSSR count). The largest absolute Gasteiger partial charge is 0.448 e. The fourth-order valence-corrected chi connectivity index (χ4v) is 1.42. The molecule has 17 heavy (non-hydrogen) atoms. The van der Waals surface area contributed by atoms with Crippen LogP contribution in [0.25, 0.3) is 0 Å². The van der Waals surface area contributed by atoms with E-state index in [4.69, 9.17) is 17.3 Å². The maximum Gasteiger partial charge on any atom is 0.404 e. The minimum Gasteiger partial charge on any atom is -0.448 e. The second-order valence-corrected chi connectivity index (χ2v) is 3.72. The summed E-state index contributed by atoms with van der Waals surface area (Å²) in [4.78, 5) is 18.7. The van der Waals surface area contributed by atoms with Gasteiger partial charge in [-0.2, -0.15) is 0 Å². The van der Waals surface area contributed by atoms with Gasteiger partial charge in [0.15, 0.2) is 0 Å². The Hall–Kier alpha value is -1.56. The first kappa shape index (κ1) is 13.5. The molecule has 1 amide bonds. The fraction of sp³-hybridized carbons (Fsp3) is 0.500. The van der Waals surface area contributed by atoms with Crippen LogP contribution in [0.2, 0.25) is 5.15 Å². The molecular formula is C10H15ClN4O2. The molecule has 3 N–H and O–H groups in total. The van der Waals surface area contributed by atoms with Crippen LogP contribution in [0.3, 0.4) is 0 Å². The van der Waals surface area contributed by atoms with Gasteiger partial charge in [0, 0.05) is 12.5 Å². The summed E-state index contributed by atoms with van der Waals surface area (Å²) in [6, 6.07) is 1.62. The molecule has 7 heteroatoms. The van der Waals surface area contributed by atoms with Gasteiger partial charge in [-0.05, 0) is 6.42 Å². The third kappa shape index (κ3) is 5.35. The lowest BCUT2D eigenvalue weighted by atomic mass is 10.3. The smallest absolute Gasteiger partial charge is 0.404 e. The van der Waals surface area contributed by atoms with E-state index in [2.05, 4.69) is 20.0 Å². The van der Waals surface area contributed by atoms with Crippen LogP contribution in [0.15, 0.2) is 6.07 Å². The van der Waals surface area contributed by atoms with Crippen LogP contribution in [0.1, 0.15) is 19.2 Å². The Morgan fingerprint density at radius 3 is 3.00 bits per heavy atom. The Balaban J connectivity index is 2.49. The van der Waals surface area contributed by atoms with Crippen molar-refractivity contribution >= 4 is 23.5 Å². The molecule has 0 aliphatic carbocycles. The van der Waals surface area contributed by atoms with E-state index >= 15 is 0 Å². The van der Waals surface area contributed by atoms with Gasteiger partial charge < -0.3 is 15.8 Å². The van der Waals surface area contributed by atoms with E-state index in [1.54, 1.807) is 6.07 Å². The summed E-state index contributed by atoms with van der Waals surface area (Å²) in [6.07, 6.45) is 0.927. The summed E-state index contributed by atoms with van der Waals surface area (Å²) in [6.45, 7) is 2.64. The molecule has 0 radical (unpaired) electrons. The number of aromatic nitrogens is 2. The van der Waals surface area contributed by atoms with Crippen molar-refractivity contribution in [1.82, 2.24) is 9.97 Å². The molecule has 0 aliphatic rings. The number of halogens is 1. The van der Waals surface area contributed by atoms with E-state index in [1.807, 2.05) is 6.92 Å². The molecule has 6 nitrogen and oxygen atoms in total. The Kier molecular flexibility index (Phi) is 5.48. The first-order chi connectivity index (χ1) is 8.11. The average molecular weight is 259 g/mol. The van der Waals surface area contributed by atoms with Crippen molar-refractivity contribution in [1.29, 1.82) is 0 Å². The standard InChI is InChI=1S/C10H15ClN4O2/c1-2-3-8-14-7(11)6-9(15-8)13-4-5-17-10(12)16/h6H,2-5H2,1H3,(H2,12,16)(H,13,14,15).